The third-order valence-electron chi connectivity index (χ3n) is 5.09. The first-order valence-corrected chi connectivity index (χ1v) is 10.4. The van der Waals surface area contributed by atoms with Gasteiger partial charge in [-0.2, -0.15) is 0 Å². The fourth-order valence-corrected chi connectivity index (χ4v) is 3.57. The van der Waals surface area contributed by atoms with Gasteiger partial charge in [0.25, 0.3) is 5.91 Å². The van der Waals surface area contributed by atoms with Crippen LogP contribution in [0.25, 0.3) is 0 Å². The van der Waals surface area contributed by atoms with E-state index in [-0.39, 0.29) is 17.9 Å². The van der Waals surface area contributed by atoms with Crippen molar-refractivity contribution in [1.82, 2.24) is 10.2 Å². The number of likely N-dealkylation sites (tertiary alicyclic amines) is 1. The van der Waals surface area contributed by atoms with Crippen LogP contribution in [-0.4, -0.2) is 42.5 Å². The second-order valence-corrected chi connectivity index (χ2v) is 7.84. The number of piperidine rings is 1. The second-order valence-electron chi connectivity index (χ2n) is 7.40. The highest BCUT2D eigenvalue weighted by Crippen LogP contribution is 2.16. The van der Waals surface area contributed by atoms with Crippen LogP contribution in [0.5, 0.6) is 5.75 Å². The molecule has 1 aliphatic rings. The molecule has 0 bridgehead atoms. The molecular formula is C23H27ClN2O3. The topological polar surface area (TPSA) is 58.6 Å². The van der Waals surface area contributed by atoms with E-state index in [9.17, 15) is 9.59 Å². The van der Waals surface area contributed by atoms with Crippen molar-refractivity contribution in [3.63, 3.8) is 0 Å². The Labute approximate surface area is 177 Å². The van der Waals surface area contributed by atoms with Crippen LogP contribution in [0, 0.1) is 6.92 Å². The molecule has 5 nitrogen and oxygen atoms in total. The van der Waals surface area contributed by atoms with E-state index < -0.39 is 0 Å². The normalized spacial score (nSPS) is 14.5. The van der Waals surface area contributed by atoms with E-state index in [1.54, 1.807) is 24.3 Å². The molecule has 1 saturated heterocycles. The molecule has 154 valence electrons. The maximum Gasteiger partial charge on any atom is 0.251 e. The molecule has 0 spiro atoms. The lowest BCUT2D eigenvalue weighted by Gasteiger charge is -2.32. The summed E-state index contributed by atoms with van der Waals surface area (Å²) in [4.78, 5) is 26.6. The van der Waals surface area contributed by atoms with Crippen LogP contribution in [0.15, 0.2) is 48.5 Å². The molecule has 0 aliphatic carbocycles. The van der Waals surface area contributed by atoms with Gasteiger partial charge in [-0.1, -0.05) is 35.4 Å². The van der Waals surface area contributed by atoms with Gasteiger partial charge in [-0.15, -0.1) is 0 Å². The standard InChI is InChI=1S/C23H27ClN2O3/c1-17-7-9-21(10-8-17)29-15-3-6-22(27)26-13-11-20(12-14-26)25-23(28)18-4-2-5-19(24)16-18/h2,4-5,7-10,16,20H,3,6,11-15H2,1H3,(H,25,28). The van der Waals surface area contributed by atoms with E-state index in [0.29, 0.717) is 43.1 Å². The van der Waals surface area contributed by atoms with Crippen molar-refractivity contribution in [2.45, 2.75) is 38.6 Å². The third kappa shape index (κ3) is 6.50. The summed E-state index contributed by atoms with van der Waals surface area (Å²) in [6, 6.07) is 14.9. The summed E-state index contributed by atoms with van der Waals surface area (Å²) in [5, 5.41) is 3.59. The number of ether oxygens (including phenoxy) is 1. The fourth-order valence-electron chi connectivity index (χ4n) is 3.38. The molecule has 2 aromatic carbocycles. The Kier molecular flexibility index (Phi) is 7.53. The van der Waals surface area contributed by atoms with Crippen molar-refractivity contribution in [1.29, 1.82) is 0 Å². The highest BCUT2D eigenvalue weighted by molar-refractivity contribution is 6.30. The number of amides is 2. The maximum atomic E-state index is 12.4. The van der Waals surface area contributed by atoms with Crippen molar-refractivity contribution in [3.8, 4) is 5.75 Å². The van der Waals surface area contributed by atoms with Gasteiger partial charge in [0.05, 0.1) is 6.61 Å². The Morgan fingerprint density at radius 1 is 1.14 bits per heavy atom. The van der Waals surface area contributed by atoms with Crippen LogP contribution in [-0.2, 0) is 4.79 Å². The number of halogens is 1. The first-order chi connectivity index (χ1) is 14.0. The Balaban J connectivity index is 1.34. The molecule has 1 heterocycles. The highest BCUT2D eigenvalue weighted by atomic mass is 35.5. The molecule has 0 aromatic heterocycles. The minimum absolute atomic E-state index is 0.0791. The van der Waals surface area contributed by atoms with E-state index in [2.05, 4.69) is 5.32 Å². The predicted octanol–water partition coefficient (Wildman–Crippen LogP) is 4.23. The molecule has 0 radical (unpaired) electrons. The zero-order chi connectivity index (χ0) is 20.6. The average Bonchev–Trinajstić information content (AvgIpc) is 2.73. The highest BCUT2D eigenvalue weighted by Gasteiger charge is 2.24. The van der Waals surface area contributed by atoms with Gasteiger partial charge in [0.2, 0.25) is 5.91 Å². The first kappa shape index (κ1) is 21.2. The number of carbonyl (C=O) groups excluding carboxylic acids is 2. The molecule has 0 unspecified atom stereocenters. The summed E-state index contributed by atoms with van der Waals surface area (Å²) in [7, 11) is 0. The Morgan fingerprint density at radius 3 is 2.55 bits per heavy atom. The largest absolute Gasteiger partial charge is 0.494 e. The Morgan fingerprint density at radius 2 is 1.86 bits per heavy atom. The lowest BCUT2D eigenvalue weighted by atomic mass is 10.0. The molecule has 1 fully saturated rings. The van der Waals surface area contributed by atoms with Gasteiger partial charge in [0, 0.05) is 36.1 Å². The predicted molar refractivity (Wildman–Crippen MR) is 114 cm³/mol. The van der Waals surface area contributed by atoms with Gasteiger partial charge >= 0.3 is 0 Å². The van der Waals surface area contributed by atoms with Gasteiger partial charge in [-0.05, 0) is 56.5 Å². The molecule has 2 aromatic rings. The number of nitrogens with one attached hydrogen (secondary N) is 1. The number of nitrogens with zero attached hydrogens (tertiary/aromatic N) is 1. The summed E-state index contributed by atoms with van der Waals surface area (Å²) in [6.07, 6.45) is 2.69. The second kappa shape index (κ2) is 10.3. The van der Waals surface area contributed by atoms with Crippen LogP contribution in [0.3, 0.4) is 0 Å². The van der Waals surface area contributed by atoms with Gasteiger partial charge in [0.15, 0.2) is 0 Å². The first-order valence-electron chi connectivity index (χ1n) is 10.0. The third-order valence-corrected chi connectivity index (χ3v) is 5.33. The van der Waals surface area contributed by atoms with Crippen molar-refractivity contribution >= 4 is 23.4 Å². The zero-order valence-corrected chi connectivity index (χ0v) is 17.5. The zero-order valence-electron chi connectivity index (χ0n) is 16.7. The summed E-state index contributed by atoms with van der Waals surface area (Å²) in [6.45, 7) is 3.89. The molecule has 1 aliphatic heterocycles. The number of rotatable bonds is 7. The van der Waals surface area contributed by atoms with Crippen molar-refractivity contribution in [2.24, 2.45) is 0 Å². The summed E-state index contributed by atoms with van der Waals surface area (Å²) >= 11 is 5.95. The minimum atomic E-state index is -0.120. The van der Waals surface area contributed by atoms with Gasteiger partial charge in [-0.3, -0.25) is 9.59 Å². The van der Waals surface area contributed by atoms with Gasteiger partial charge < -0.3 is 15.0 Å². The Bertz CT molecular complexity index is 830. The molecule has 0 saturated carbocycles. The van der Waals surface area contributed by atoms with Crippen molar-refractivity contribution in [3.05, 3.63) is 64.7 Å². The fraction of sp³-hybridized carbons (Fsp3) is 0.391. The minimum Gasteiger partial charge on any atom is -0.494 e. The number of hydrogen-bond acceptors (Lipinski definition) is 3. The van der Waals surface area contributed by atoms with Crippen molar-refractivity contribution in [2.75, 3.05) is 19.7 Å². The van der Waals surface area contributed by atoms with Crippen LogP contribution in [0.4, 0.5) is 0 Å². The quantitative estimate of drug-likeness (QED) is 0.690. The number of carbonyl (C=O) groups is 2. The molecule has 6 heteroatoms. The molecule has 2 amide bonds. The average molecular weight is 415 g/mol. The summed E-state index contributed by atoms with van der Waals surface area (Å²) in [5.74, 6) is 0.863. The lowest BCUT2D eigenvalue weighted by molar-refractivity contribution is -0.132. The molecule has 1 N–H and O–H groups in total. The van der Waals surface area contributed by atoms with E-state index in [4.69, 9.17) is 16.3 Å². The van der Waals surface area contributed by atoms with E-state index in [1.807, 2.05) is 36.1 Å². The van der Waals surface area contributed by atoms with Crippen LogP contribution in [0.1, 0.15) is 41.6 Å². The monoisotopic (exact) mass is 414 g/mol. The number of aryl methyl sites for hydroxylation is 1. The van der Waals surface area contributed by atoms with E-state index >= 15 is 0 Å². The van der Waals surface area contributed by atoms with Crippen LogP contribution >= 0.6 is 11.6 Å². The van der Waals surface area contributed by atoms with Crippen molar-refractivity contribution < 1.29 is 14.3 Å². The van der Waals surface area contributed by atoms with Gasteiger partial charge in [-0.25, -0.2) is 0 Å². The molecular weight excluding hydrogens is 388 g/mol. The van der Waals surface area contributed by atoms with Gasteiger partial charge in [0.1, 0.15) is 5.75 Å². The summed E-state index contributed by atoms with van der Waals surface area (Å²) in [5.41, 5.74) is 1.75. The number of hydrogen-bond donors (Lipinski definition) is 1. The van der Waals surface area contributed by atoms with Crippen LogP contribution < -0.4 is 10.1 Å². The molecule has 29 heavy (non-hydrogen) atoms. The number of benzene rings is 2. The lowest BCUT2D eigenvalue weighted by Crippen LogP contribution is -2.46. The van der Waals surface area contributed by atoms with Crippen LogP contribution in [0.2, 0.25) is 5.02 Å². The maximum absolute atomic E-state index is 12.4. The molecule has 3 rings (SSSR count). The summed E-state index contributed by atoms with van der Waals surface area (Å²) < 4.78 is 5.68. The Hall–Kier alpha value is -2.53. The smallest absolute Gasteiger partial charge is 0.251 e. The van der Waals surface area contributed by atoms with E-state index in [0.717, 1.165) is 18.6 Å². The molecule has 0 atom stereocenters. The SMILES string of the molecule is Cc1ccc(OCCCC(=O)N2CCC(NC(=O)c3cccc(Cl)c3)CC2)cc1. The van der Waals surface area contributed by atoms with E-state index in [1.165, 1.54) is 5.56 Å².